The summed E-state index contributed by atoms with van der Waals surface area (Å²) < 4.78 is 1.85. The third-order valence-corrected chi connectivity index (χ3v) is 4.51. The van der Waals surface area contributed by atoms with Crippen LogP contribution in [0.25, 0.3) is 6.08 Å². The highest BCUT2D eigenvalue weighted by molar-refractivity contribution is 6.32. The molecule has 130 valence electrons. The number of hydrogen-bond acceptors (Lipinski definition) is 4. The molecule has 1 N–H and O–H groups in total. The Morgan fingerprint density at radius 1 is 1.36 bits per heavy atom. The van der Waals surface area contributed by atoms with Crippen molar-refractivity contribution >= 4 is 35.1 Å². The van der Waals surface area contributed by atoms with Gasteiger partial charge in [0.05, 0.1) is 17.2 Å². The minimum absolute atomic E-state index is 0.0621. The van der Waals surface area contributed by atoms with Crippen LogP contribution in [0.15, 0.2) is 36.5 Å². The zero-order valence-corrected chi connectivity index (χ0v) is 14.1. The number of halogens is 1. The Bertz CT molecular complexity index is 825. The second-order valence-corrected chi connectivity index (χ2v) is 6.30. The van der Waals surface area contributed by atoms with E-state index in [4.69, 9.17) is 11.6 Å². The van der Waals surface area contributed by atoms with Gasteiger partial charge in [-0.1, -0.05) is 30.5 Å². The van der Waals surface area contributed by atoms with Crippen molar-refractivity contribution < 1.29 is 9.72 Å². The standard InChI is InChI=1S/C17H17ClN4O3/c18-14-7-5-12(11-15(14)22(24)25)6-8-17(23)20-16-9-10-19-21(16)13-3-1-2-4-13/h5-11,13H,1-4H2,(H,20,23)/b8-6+. The van der Waals surface area contributed by atoms with Crippen LogP contribution >= 0.6 is 11.6 Å². The molecule has 0 saturated heterocycles. The van der Waals surface area contributed by atoms with Crippen molar-refractivity contribution in [1.29, 1.82) is 0 Å². The molecule has 0 atom stereocenters. The van der Waals surface area contributed by atoms with Gasteiger partial charge < -0.3 is 5.32 Å². The molecule has 1 amide bonds. The first-order valence-electron chi connectivity index (χ1n) is 8.01. The molecule has 1 aliphatic rings. The number of nitrogens with zero attached hydrogens (tertiary/aromatic N) is 3. The highest BCUT2D eigenvalue weighted by Gasteiger charge is 2.20. The summed E-state index contributed by atoms with van der Waals surface area (Å²) in [4.78, 5) is 22.5. The fourth-order valence-corrected chi connectivity index (χ4v) is 3.15. The van der Waals surface area contributed by atoms with Crippen LogP contribution in [0.4, 0.5) is 11.5 Å². The molecule has 0 bridgehead atoms. The van der Waals surface area contributed by atoms with Crippen LogP contribution in [-0.2, 0) is 4.79 Å². The third-order valence-electron chi connectivity index (χ3n) is 4.19. The van der Waals surface area contributed by atoms with Crippen LogP contribution in [0.3, 0.4) is 0 Å². The summed E-state index contributed by atoms with van der Waals surface area (Å²) in [6, 6.07) is 6.47. The Labute approximate surface area is 149 Å². The summed E-state index contributed by atoms with van der Waals surface area (Å²) in [7, 11) is 0. The van der Waals surface area contributed by atoms with E-state index in [-0.39, 0.29) is 16.6 Å². The van der Waals surface area contributed by atoms with Gasteiger partial charge in [0.1, 0.15) is 10.8 Å². The summed E-state index contributed by atoms with van der Waals surface area (Å²) >= 11 is 5.77. The number of rotatable bonds is 5. The average Bonchev–Trinajstić information content (AvgIpc) is 3.24. The van der Waals surface area contributed by atoms with Gasteiger partial charge in [0.15, 0.2) is 0 Å². The zero-order valence-electron chi connectivity index (χ0n) is 13.4. The van der Waals surface area contributed by atoms with Crippen LogP contribution in [-0.4, -0.2) is 20.6 Å². The number of carbonyl (C=O) groups excluding carboxylic acids is 1. The quantitative estimate of drug-likeness (QED) is 0.491. The smallest absolute Gasteiger partial charge is 0.288 e. The van der Waals surface area contributed by atoms with Crippen molar-refractivity contribution in [2.45, 2.75) is 31.7 Å². The highest BCUT2D eigenvalue weighted by Crippen LogP contribution is 2.31. The van der Waals surface area contributed by atoms with E-state index in [1.807, 2.05) is 4.68 Å². The number of nitro benzene ring substituents is 1. The van der Waals surface area contributed by atoms with E-state index in [1.165, 1.54) is 37.1 Å². The molecule has 0 spiro atoms. The summed E-state index contributed by atoms with van der Waals surface area (Å²) in [5.74, 6) is 0.334. The van der Waals surface area contributed by atoms with Crippen molar-refractivity contribution in [3.63, 3.8) is 0 Å². The molecule has 7 nitrogen and oxygen atoms in total. The maximum Gasteiger partial charge on any atom is 0.288 e. The molecule has 25 heavy (non-hydrogen) atoms. The number of amides is 1. The van der Waals surface area contributed by atoms with Crippen molar-refractivity contribution in [3.8, 4) is 0 Å². The predicted octanol–water partition coefficient (Wildman–Crippen LogP) is 4.21. The molecule has 1 aromatic carbocycles. The molecule has 1 fully saturated rings. The zero-order chi connectivity index (χ0) is 17.8. The van der Waals surface area contributed by atoms with E-state index >= 15 is 0 Å². The van der Waals surface area contributed by atoms with E-state index in [2.05, 4.69) is 10.4 Å². The number of aromatic nitrogens is 2. The van der Waals surface area contributed by atoms with Gasteiger partial charge in [0.2, 0.25) is 5.91 Å². The monoisotopic (exact) mass is 360 g/mol. The Hall–Kier alpha value is -2.67. The normalized spacial score (nSPS) is 14.9. The van der Waals surface area contributed by atoms with Crippen LogP contribution < -0.4 is 5.32 Å². The summed E-state index contributed by atoms with van der Waals surface area (Å²) in [5, 5.41) is 18.1. The minimum atomic E-state index is -0.556. The second-order valence-electron chi connectivity index (χ2n) is 5.89. The number of nitro groups is 1. The molecule has 0 radical (unpaired) electrons. The molecule has 3 rings (SSSR count). The molecule has 1 saturated carbocycles. The fourth-order valence-electron chi connectivity index (χ4n) is 2.97. The van der Waals surface area contributed by atoms with E-state index in [0.717, 1.165) is 12.8 Å². The van der Waals surface area contributed by atoms with Crippen LogP contribution in [0.2, 0.25) is 5.02 Å². The molecule has 0 unspecified atom stereocenters. The number of carbonyl (C=O) groups is 1. The molecule has 8 heteroatoms. The number of anilines is 1. The highest BCUT2D eigenvalue weighted by atomic mass is 35.5. The van der Waals surface area contributed by atoms with Gasteiger partial charge >= 0.3 is 0 Å². The first kappa shape index (κ1) is 17.2. The van der Waals surface area contributed by atoms with Gasteiger partial charge in [0.25, 0.3) is 5.69 Å². The van der Waals surface area contributed by atoms with Gasteiger partial charge in [0, 0.05) is 18.2 Å². The number of hydrogen-bond donors (Lipinski definition) is 1. The maximum absolute atomic E-state index is 12.1. The lowest BCUT2D eigenvalue weighted by Gasteiger charge is -2.13. The molecular weight excluding hydrogens is 344 g/mol. The predicted molar refractivity (Wildman–Crippen MR) is 95.5 cm³/mol. The Morgan fingerprint density at radius 3 is 2.84 bits per heavy atom. The first-order chi connectivity index (χ1) is 12.0. The van der Waals surface area contributed by atoms with Crippen LogP contribution in [0.5, 0.6) is 0 Å². The van der Waals surface area contributed by atoms with E-state index in [0.29, 0.717) is 17.4 Å². The number of nitrogens with one attached hydrogen (secondary N) is 1. The Balaban J connectivity index is 1.69. The van der Waals surface area contributed by atoms with E-state index < -0.39 is 4.92 Å². The van der Waals surface area contributed by atoms with Crippen molar-refractivity contribution in [2.24, 2.45) is 0 Å². The largest absolute Gasteiger partial charge is 0.307 e. The van der Waals surface area contributed by atoms with E-state index in [1.54, 1.807) is 18.3 Å². The lowest BCUT2D eigenvalue weighted by Crippen LogP contribution is -2.15. The first-order valence-corrected chi connectivity index (χ1v) is 8.39. The summed E-state index contributed by atoms with van der Waals surface area (Å²) in [6.45, 7) is 0. The maximum atomic E-state index is 12.1. The lowest BCUT2D eigenvalue weighted by molar-refractivity contribution is -0.384. The van der Waals surface area contributed by atoms with Crippen LogP contribution in [0.1, 0.15) is 37.3 Å². The van der Waals surface area contributed by atoms with E-state index in [9.17, 15) is 14.9 Å². The van der Waals surface area contributed by atoms with Gasteiger partial charge in [-0.2, -0.15) is 5.10 Å². The van der Waals surface area contributed by atoms with Crippen molar-refractivity contribution in [1.82, 2.24) is 9.78 Å². The molecule has 1 aliphatic carbocycles. The van der Waals surface area contributed by atoms with Gasteiger partial charge in [-0.3, -0.25) is 14.9 Å². The summed E-state index contributed by atoms with van der Waals surface area (Å²) in [5.41, 5.74) is 0.332. The SMILES string of the molecule is O=C(/C=C/c1ccc(Cl)c([N+](=O)[O-])c1)Nc1ccnn1C1CCCC1. The molecule has 1 aromatic heterocycles. The summed E-state index contributed by atoms with van der Waals surface area (Å²) in [6.07, 6.45) is 8.98. The van der Waals surface area contributed by atoms with Gasteiger partial charge in [-0.25, -0.2) is 4.68 Å². The third kappa shape index (κ3) is 4.06. The molecular formula is C17H17ClN4O3. The average molecular weight is 361 g/mol. The van der Waals surface area contributed by atoms with Gasteiger partial charge in [-0.15, -0.1) is 0 Å². The molecule has 0 aliphatic heterocycles. The Kier molecular flexibility index (Phi) is 5.14. The molecule has 1 heterocycles. The van der Waals surface area contributed by atoms with Gasteiger partial charge in [-0.05, 0) is 30.5 Å². The minimum Gasteiger partial charge on any atom is -0.307 e. The van der Waals surface area contributed by atoms with Crippen LogP contribution in [0, 0.1) is 10.1 Å². The van der Waals surface area contributed by atoms with Crippen molar-refractivity contribution in [2.75, 3.05) is 5.32 Å². The number of benzene rings is 1. The Morgan fingerprint density at radius 2 is 2.12 bits per heavy atom. The lowest BCUT2D eigenvalue weighted by atomic mass is 10.2. The second kappa shape index (κ2) is 7.48. The molecule has 2 aromatic rings. The fraction of sp³-hybridized carbons (Fsp3) is 0.294. The van der Waals surface area contributed by atoms with Crippen molar-refractivity contribution in [3.05, 3.63) is 57.2 Å². The topological polar surface area (TPSA) is 90.1 Å².